The van der Waals surface area contributed by atoms with Crippen molar-refractivity contribution >= 4 is 23.9 Å². The zero-order chi connectivity index (χ0) is 24.7. The summed E-state index contributed by atoms with van der Waals surface area (Å²) in [6.45, 7) is 6.56. The molecule has 0 aromatic rings. The normalized spacial score (nSPS) is 24.1. The van der Waals surface area contributed by atoms with E-state index in [1.807, 2.05) is 0 Å². The zero-order valence-electron chi connectivity index (χ0n) is 19.5. The van der Waals surface area contributed by atoms with E-state index in [0.717, 1.165) is 46.5 Å². The van der Waals surface area contributed by atoms with Gasteiger partial charge in [-0.15, -0.1) is 0 Å². The van der Waals surface area contributed by atoms with Crippen LogP contribution >= 0.6 is 0 Å². The molecule has 0 amide bonds. The van der Waals surface area contributed by atoms with Crippen LogP contribution in [0.4, 0.5) is 0 Å². The Kier molecular flexibility index (Phi) is 14.5. The molecule has 0 aromatic carbocycles. The van der Waals surface area contributed by atoms with Crippen molar-refractivity contribution in [1.82, 2.24) is 0 Å². The maximum atomic E-state index is 11.5. The summed E-state index contributed by atoms with van der Waals surface area (Å²) in [5, 5.41) is 18.5. The van der Waals surface area contributed by atoms with Gasteiger partial charge in [0.1, 0.15) is 6.61 Å². The van der Waals surface area contributed by atoms with Gasteiger partial charge in [0.15, 0.2) is 6.10 Å². The van der Waals surface area contributed by atoms with Crippen LogP contribution in [0.2, 0.25) is 0 Å². The Morgan fingerprint density at radius 3 is 1.91 bits per heavy atom. The zero-order valence-corrected chi connectivity index (χ0v) is 19.5. The highest BCUT2D eigenvalue weighted by atomic mass is 16.8. The van der Waals surface area contributed by atoms with Gasteiger partial charge in [-0.3, -0.25) is 19.2 Å². The number of aliphatic carboxylic acids is 1. The van der Waals surface area contributed by atoms with Crippen LogP contribution in [-0.2, 0) is 42.9 Å². The van der Waals surface area contributed by atoms with E-state index in [9.17, 15) is 19.5 Å². The van der Waals surface area contributed by atoms with Gasteiger partial charge in [-0.1, -0.05) is 39.0 Å². The van der Waals surface area contributed by atoms with E-state index in [4.69, 9.17) is 33.6 Å². The van der Waals surface area contributed by atoms with Gasteiger partial charge in [0.25, 0.3) is 5.97 Å². The Morgan fingerprint density at radius 2 is 1.41 bits per heavy atom. The number of esters is 3. The third-order valence-corrected chi connectivity index (χ3v) is 4.26. The van der Waals surface area contributed by atoms with E-state index < -0.39 is 48.2 Å². The van der Waals surface area contributed by atoms with Crippen LogP contribution in [0.3, 0.4) is 0 Å². The van der Waals surface area contributed by atoms with Crippen LogP contribution in [0.25, 0.3) is 0 Å². The molecule has 1 fully saturated rings. The van der Waals surface area contributed by atoms with Crippen LogP contribution in [0.15, 0.2) is 0 Å². The third-order valence-electron chi connectivity index (χ3n) is 4.26. The number of unbranched alkanes of at least 4 members (excludes halogenated alkanes) is 5. The molecule has 4 atom stereocenters. The maximum absolute atomic E-state index is 11.5. The highest BCUT2D eigenvalue weighted by molar-refractivity contribution is 5.67. The average Bonchev–Trinajstić information content (AvgIpc) is 2.90. The van der Waals surface area contributed by atoms with Crippen LogP contribution in [-0.4, -0.2) is 71.6 Å². The van der Waals surface area contributed by atoms with E-state index in [1.54, 1.807) is 0 Å². The summed E-state index contributed by atoms with van der Waals surface area (Å²) in [4.78, 5) is 43.0. The predicted molar refractivity (Wildman–Crippen MR) is 110 cm³/mol. The second-order valence-electron chi connectivity index (χ2n) is 7.32. The molecule has 0 radical (unpaired) electrons. The number of carboxylic acids is 1. The Balaban J connectivity index is 0.00000220. The second-order valence-corrected chi connectivity index (χ2v) is 7.32. The lowest BCUT2D eigenvalue weighted by Gasteiger charge is -2.32. The van der Waals surface area contributed by atoms with Gasteiger partial charge in [-0.2, -0.15) is 0 Å². The van der Waals surface area contributed by atoms with Crippen molar-refractivity contribution in [2.24, 2.45) is 0 Å². The minimum absolute atomic E-state index is 0.174. The molecule has 11 nitrogen and oxygen atoms in total. The lowest BCUT2D eigenvalue weighted by atomic mass is 10.1. The van der Waals surface area contributed by atoms with Gasteiger partial charge in [0.05, 0.1) is 6.61 Å². The molecule has 11 heteroatoms. The molecule has 1 rings (SSSR count). The first-order valence-electron chi connectivity index (χ1n) is 10.6. The molecular weight excluding hydrogens is 428 g/mol. The lowest BCUT2D eigenvalue weighted by molar-refractivity contribution is -0.272. The fourth-order valence-corrected chi connectivity index (χ4v) is 2.93. The largest absolute Gasteiger partial charge is 0.481 e. The number of hydrogen-bond acceptors (Lipinski definition) is 10. The van der Waals surface area contributed by atoms with Crippen LogP contribution in [0.1, 0.15) is 73.1 Å². The lowest BCUT2D eigenvalue weighted by Crippen LogP contribution is -2.54. The SMILES string of the molecule is CC(=O)O.CCCCCCCCO[C@]1(O)[C@@H](COC(C)=O)OC(OC(C)=O)[C@@H]1OC(C)=O. The Labute approximate surface area is 188 Å². The van der Waals surface area contributed by atoms with Gasteiger partial charge >= 0.3 is 17.9 Å². The molecular formula is C21H36O11. The second kappa shape index (κ2) is 15.5. The molecule has 1 aliphatic heterocycles. The van der Waals surface area contributed by atoms with E-state index in [0.29, 0.717) is 6.42 Å². The monoisotopic (exact) mass is 464 g/mol. The molecule has 186 valence electrons. The van der Waals surface area contributed by atoms with Crippen molar-refractivity contribution in [3.63, 3.8) is 0 Å². The fraction of sp³-hybridized carbons (Fsp3) is 0.810. The number of ether oxygens (including phenoxy) is 5. The minimum Gasteiger partial charge on any atom is -0.481 e. The molecule has 32 heavy (non-hydrogen) atoms. The van der Waals surface area contributed by atoms with Gasteiger partial charge in [0.2, 0.25) is 18.2 Å². The molecule has 1 unspecified atom stereocenters. The van der Waals surface area contributed by atoms with E-state index in [-0.39, 0.29) is 13.2 Å². The van der Waals surface area contributed by atoms with Crippen molar-refractivity contribution in [2.45, 2.75) is 97.4 Å². The summed E-state index contributed by atoms with van der Waals surface area (Å²) in [5.41, 5.74) is 0. The summed E-state index contributed by atoms with van der Waals surface area (Å²) >= 11 is 0. The maximum Gasteiger partial charge on any atom is 0.305 e. The van der Waals surface area contributed by atoms with Gasteiger partial charge in [-0.25, -0.2) is 0 Å². The van der Waals surface area contributed by atoms with Crippen LogP contribution < -0.4 is 0 Å². The molecule has 0 aromatic heterocycles. The molecule has 0 saturated carbocycles. The summed E-state index contributed by atoms with van der Waals surface area (Å²) in [7, 11) is 0. The van der Waals surface area contributed by atoms with Crippen molar-refractivity contribution in [3.05, 3.63) is 0 Å². The number of rotatable bonds is 12. The van der Waals surface area contributed by atoms with E-state index in [1.165, 1.54) is 13.3 Å². The summed E-state index contributed by atoms with van der Waals surface area (Å²) in [5.74, 6) is -4.93. The van der Waals surface area contributed by atoms with E-state index >= 15 is 0 Å². The topological polar surface area (TPSA) is 155 Å². The van der Waals surface area contributed by atoms with Crippen molar-refractivity contribution in [2.75, 3.05) is 13.2 Å². The number of carboxylic acid groups (broad SMARTS) is 1. The molecule has 1 saturated heterocycles. The predicted octanol–water partition coefficient (Wildman–Crippen LogP) is 1.93. The first kappa shape index (κ1) is 29.8. The molecule has 1 heterocycles. The van der Waals surface area contributed by atoms with Gasteiger partial charge in [0, 0.05) is 27.7 Å². The van der Waals surface area contributed by atoms with Gasteiger partial charge in [-0.05, 0) is 6.42 Å². The quantitative estimate of drug-likeness (QED) is 0.188. The van der Waals surface area contributed by atoms with E-state index in [2.05, 4.69) is 6.92 Å². The minimum atomic E-state index is -2.12. The Morgan fingerprint density at radius 1 is 0.875 bits per heavy atom. The first-order chi connectivity index (χ1) is 14.9. The molecule has 1 aliphatic rings. The number of carbonyl (C=O) groups is 4. The first-order valence-corrected chi connectivity index (χ1v) is 10.6. The van der Waals surface area contributed by atoms with Crippen molar-refractivity contribution in [3.8, 4) is 0 Å². The van der Waals surface area contributed by atoms with Crippen LogP contribution in [0, 0.1) is 0 Å². The Hall–Kier alpha value is -2.24. The van der Waals surface area contributed by atoms with Gasteiger partial charge < -0.3 is 33.9 Å². The number of carbonyl (C=O) groups excluding carboxylic acids is 3. The standard InChI is InChI=1S/C19H32O9.C2H4O2/c1-5-6-7-8-9-10-11-25-19(23)16(12-24-13(2)20)28-18(27-15(4)22)17(19)26-14(3)21;1-2(3)4/h16-18,23H,5-12H2,1-4H3;1H3,(H,3,4)/t16-,17+,18?,19-;/m1./s1. The summed E-state index contributed by atoms with van der Waals surface area (Å²) < 4.78 is 26.2. The third kappa shape index (κ3) is 12.0. The highest BCUT2D eigenvalue weighted by Crippen LogP contribution is 2.36. The fourth-order valence-electron chi connectivity index (χ4n) is 2.93. The Bertz CT molecular complexity index is 603. The molecule has 0 spiro atoms. The average molecular weight is 465 g/mol. The smallest absolute Gasteiger partial charge is 0.305 e. The number of hydrogen-bond donors (Lipinski definition) is 2. The summed E-state index contributed by atoms with van der Waals surface area (Å²) in [6.07, 6.45) is 2.11. The summed E-state index contributed by atoms with van der Waals surface area (Å²) in [6, 6.07) is 0. The molecule has 0 aliphatic carbocycles. The van der Waals surface area contributed by atoms with Crippen molar-refractivity contribution < 1.29 is 53.1 Å². The highest BCUT2D eigenvalue weighted by Gasteiger charge is 2.61. The van der Waals surface area contributed by atoms with Crippen molar-refractivity contribution in [1.29, 1.82) is 0 Å². The molecule has 0 bridgehead atoms. The van der Waals surface area contributed by atoms with Crippen LogP contribution in [0.5, 0.6) is 0 Å². The number of aliphatic hydroxyl groups is 1. The molecule has 2 N–H and O–H groups in total.